The van der Waals surface area contributed by atoms with Gasteiger partial charge in [-0.3, -0.25) is 0 Å². The van der Waals surface area contributed by atoms with Crippen LogP contribution in [-0.4, -0.2) is 19.7 Å². The number of fused-ring (bicyclic) bond motifs is 2. The summed E-state index contributed by atoms with van der Waals surface area (Å²) in [5.41, 5.74) is 10.2. The molecule has 2 N–H and O–H groups in total. The van der Waals surface area contributed by atoms with E-state index in [4.69, 9.17) is 10.8 Å². The molecule has 0 saturated carbocycles. The van der Waals surface area contributed by atoms with Gasteiger partial charge in [-0.25, -0.2) is 14.6 Å². The van der Waals surface area contributed by atoms with Crippen LogP contribution in [0.4, 0.5) is 5.82 Å². The fraction of sp³-hybridized carbons (Fsp3) is 0.286. The monoisotopic (exact) mass is 345 g/mol. The van der Waals surface area contributed by atoms with E-state index >= 15 is 0 Å². The van der Waals surface area contributed by atoms with Crippen LogP contribution in [0.1, 0.15) is 37.6 Å². The van der Waals surface area contributed by atoms with Gasteiger partial charge < -0.3 is 5.73 Å². The number of nitrogens with two attached hydrogens (primary N) is 1. The summed E-state index contributed by atoms with van der Waals surface area (Å²) in [6.07, 6.45) is 2.20. The summed E-state index contributed by atoms with van der Waals surface area (Å²) in [5.74, 6) is 0.483. The van der Waals surface area contributed by atoms with Crippen molar-refractivity contribution in [2.24, 2.45) is 0 Å². The molecular weight excluding hydrogens is 322 g/mol. The van der Waals surface area contributed by atoms with Gasteiger partial charge in [0.25, 0.3) is 0 Å². The molecule has 0 fully saturated rings. The van der Waals surface area contributed by atoms with Crippen LogP contribution < -0.4 is 5.73 Å². The highest BCUT2D eigenvalue weighted by Gasteiger charge is 2.23. The summed E-state index contributed by atoms with van der Waals surface area (Å²) < 4.78 is 1.95. The number of hydrogen-bond acceptors (Lipinski definition) is 4. The van der Waals surface area contributed by atoms with Gasteiger partial charge >= 0.3 is 0 Å². The van der Waals surface area contributed by atoms with Crippen molar-refractivity contribution in [2.45, 2.75) is 39.7 Å². The Kier molecular flexibility index (Phi) is 3.68. The zero-order valence-electron chi connectivity index (χ0n) is 15.6. The average Bonchev–Trinajstić information content (AvgIpc) is 2.98. The van der Waals surface area contributed by atoms with Gasteiger partial charge in [-0.2, -0.15) is 5.10 Å². The van der Waals surface area contributed by atoms with Crippen LogP contribution in [0.5, 0.6) is 0 Å². The second-order valence-corrected chi connectivity index (χ2v) is 7.75. The fourth-order valence-electron chi connectivity index (χ4n) is 3.48. The van der Waals surface area contributed by atoms with Crippen LogP contribution in [0.3, 0.4) is 0 Å². The van der Waals surface area contributed by atoms with E-state index in [1.54, 1.807) is 0 Å². The highest BCUT2D eigenvalue weighted by Crippen LogP contribution is 2.30. The highest BCUT2D eigenvalue weighted by atomic mass is 15.3. The lowest BCUT2D eigenvalue weighted by Crippen LogP contribution is -2.23. The number of anilines is 1. The zero-order chi connectivity index (χ0) is 18.5. The molecule has 132 valence electrons. The van der Waals surface area contributed by atoms with E-state index in [0.29, 0.717) is 12.2 Å². The van der Waals surface area contributed by atoms with Gasteiger partial charge in [0.1, 0.15) is 12.1 Å². The third-order valence-electron chi connectivity index (χ3n) is 4.79. The van der Waals surface area contributed by atoms with Crippen molar-refractivity contribution >= 4 is 27.6 Å². The molecule has 2 aromatic heterocycles. The maximum absolute atomic E-state index is 6.20. The first-order valence-electron chi connectivity index (χ1n) is 8.82. The Labute approximate surface area is 152 Å². The first-order chi connectivity index (χ1) is 12.4. The number of benzene rings is 2. The molecule has 0 unspecified atom stereocenters. The van der Waals surface area contributed by atoms with Gasteiger partial charge in [-0.1, -0.05) is 36.4 Å². The Morgan fingerprint density at radius 1 is 1.00 bits per heavy atom. The van der Waals surface area contributed by atoms with Crippen molar-refractivity contribution in [1.82, 2.24) is 19.7 Å². The van der Waals surface area contributed by atoms with E-state index in [1.807, 2.05) is 4.68 Å². The average molecular weight is 345 g/mol. The maximum atomic E-state index is 6.20. The third kappa shape index (κ3) is 2.60. The number of rotatable bonds is 2. The molecule has 0 aliphatic heterocycles. The molecule has 2 heterocycles. The van der Waals surface area contributed by atoms with Gasteiger partial charge in [-0.15, -0.1) is 0 Å². The van der Waals surface area contributed by atoms with Crippen molar-refractivity contribution in [3.8, 4) is 0 Å². The van der Waals surface area contributed by atoms with E-state index in [-0.39, 0.29) is 5.54 Å². The Balaban J connectivity index is 1.93. The highest BCUT2D eigenvalue weighted by molar-refractivity contribution is 5.91. The SMILES string of the molecule is Cc1ccc(Cc2nn(C(C)(C)C)c3ncnc(N)c23)c2ccccc12. The molecule has 26 heavy (non-hydrogen) atoms. The van der Waals surface area contributed by atoms with Crippen LogP contribution in [0.25, 0.3) is 21.8 Å². The Morgan fingerprint density at radius 3 is 2.46 bits per heavy atom. The third-order valence-corrected chi connectivity index (χ3v) is 4.79. The topological polar surface area (TPSA) is 69.6 Å². The summed E-state index contributed by atoms with van der Waals surface area (Å²) in [6, 6.07) is 12.8. The first kappa shape index (κ1) is 16.5. The van der Waals surface area contributed by atoms with Crippen molar-refractivity contribution in [3.63, 3.8) is 0 Å². The standard InChI is InChI=1S/C21H23N5/c1-13-9-10-14(16-8-6-5-7-15(13)16)11-17-18-19(22)23-12-24-20(18)26(25-17)21(2,3)4/h5-10,12H,11H2,1-4H3,(H2,22,23,24). The quantitative estimate of drug-likeness (QED) is 0.591. The van der Waals surface area contributed by atoms with Gasteiger partial charge in [-0.05, 0) is 49.6 Å². The summed E-state index contributed by atoms with van der Waals surface area (Å²) in [5, 5.41) is 8.26. The maximum Gasteiger partial charge on any atom is 0.164 e. The van der Waals surface area contributed by atoms with Crippen LogP contribution in [-0.2, 0) is 12.0 Å². The van der Waals surface area contributed by atoms with E-state index in [9.17, 15) is 0 Å². The molecule has 0 aliphatic rings. The number of aromatic nitrogens is 4. The Morgan fingerprint density at radius 2 is 1.73 bits per heavy atom. The van der Waals surface area contributed by atoms with Crippen LogP contribution in [0, 0.1) is 6.92 Å². The van der Waals surface area contributed by atoms with E-state index < -0.39 is 0 Å². The molecule has 0 saturated heterocycles. The number of aryl methyl sites for hydroxylation is 1. The molecule has 0 amide bonds. The normalized spacial score (nSPS) is 12.2. The van der Waals surface area contributed by atoms with Crippen molar-refractivity contribution in [3.05, 3.63) is 59.5 Å². The van der Waals surface area contributed by atoms with Gasteiger partial charge in [0.2, 0.25) is 0 Å². The molecule has 4 rings (SSSR count). The van der Waals surface area contributed by atoms with Crippen molar-refractivity contribution < 1.29 is 0 Å². The smallest absolute Gasteiger partial charge is 0.164 e. The lowest BCUT2D eigenvalue weighted by atomic mass is 9.97. The number of nitrogens with zero attached hydrogens (tertiary/aromatic N) is 4. The molecular formula is C21H23N5. The Bertz CT molecular complexity index is 1120. The predicted octanol–water partition coefficient (Wildman–Crippen LogP) is 4.22. The predicted molar refractivity (Wildman–Crippen MR) is 106 cm³/mol. The number of hydrogen-bond donors (Lipinski definition) is 1. The van der Waals surface area contributed by atoms with Crippen LogP contribution >= 0.6 is 0 Å². The fourth-order valence-corrected chi connectivity index (χ4v) is 3.48. The van der Waals surface area contributed by atoms with Gasteiger partial charge in [0.15, 0.2) is 5.65 Å². The largest absolute Gasteiger partial charge is 0.383 e. The van der Waals surface area contributed by atoms with Gasteiger partial charge in [0.05, 0.1) is 16.6 Å². The number of nitrogen functional groups attached to an aromatic ring is 1. The van der Waals surface area contributed by atoms with E-state index in [2.05, 4.69) is 74.1 Å². The molecule has 5 heteroatoms. The molecule has 0 spiro atoms. The Hall–Kier alpha value is -2.95. The van der Waals surface area contributed by atoms with Crippen molar-refractivity contribution in [1.29, 1.82) is 0 Å². The summed E-state index contributed by atoms with van der Waals surface area (Å²) in [4.78, 5) is 8.65. The van der Waals surface area contributed by atoms with E-state index in [0.717, 1.165) is 16.7 Å². The lowest BCUT2D eigenvalue weighted by Gasteiger charge is -2.19. The summed E-state index contributed by atoms with van der Waals surface area (Å²) in [7, 11) is 0. The minimum atomic E-state index is -0.188. The molecule has 0 atom stereocenters. The summed E-state index contributed by atoms with van der Waals surface area (Å²) >= 11 is 0. The molecule has 0 bridgehead atoms. The second-order valence-electron chi connectivity index (χ2n) is 7.75. The van der Waals surface area contributed by atoms with Gasteiger partial charge in [0, 0.05) is 6.42 Å². The molecule has 2 aromatic carbocycles. The van der Waals surface area contributed by atoms with E-state index in [1.165, 1.54) is 28.2 Å². The minimum absolute atomic E-state index is 0.188. The van der Waals surface area contributed by atoms with Crippen LogP contribution in [0.15, 0.2) is 42.7 Å². The lowest BCUT2D eigenvalue weighted by molar-refractivity contribution is 0.363. The first-order valence-corrected chi connectivity index (χ1v) is 8.82. The second kappa shape index (κ2) is 5.80. The molecule has 0 radical (unpaired) electrons. The van der Waals surface area contributed by atoms with Crippen LogP contribution in [0.2, 0.25) is 0 Å². The zero-order valence-corrected chi connectivity index (χ0v) is 15.6. The molecule has 0 aliphatic carbocycles. The van der Waals surface area contributed by atoms with Crippen molar-refractivity contribution in [2.75, 3.05) is 5.73 Å². The minimum Gasteiger partial charge on any atom is -0.383 e. The summed E-state index contributed by atoms with van der Waals surface area (Å²) in [6.45, 7) is 8.48. The molecule has 4 aromatic rings. The molecule has 5 nitrogen and oxygen atoms in total.